The monoisotopic (exact) mass is 260 g/mol. The number of aldehydes is 1. The van der Waals surface area contributed by atoms with Gasteiger partial charge in [-0.2, -0.15) is 0 Å². The van der Waals surface area contributed by atoms with Crippen molar-refractivity contribution in [2.24, 2.45) is 0 Å². The van der Waals surface area contributed by atoms with Crippen molar-refractivity contribution in [1.29, 1.82) is 0 Å². The average molecular weight is 260 g/mol. The maximum absolute atomic E-state index is 12.9. The van der Waals surface area contributed by atoms with E-state index in [4.69, 9.17) is 0 Å². The van der Waals surface area contributed by atoms with Crippen LogP contribution in [0.5, 0.6) is 5.75 Å². The SMILES string of the molecule is COc1cc(F)c([B-](F)(F)F)cc1C=O.[K+]. The summed E-state index contributed by atoms with van der Waals surface area (Å²) in [5, 5.41) is 0. The third-order valence-electron chi connectivity index (χ3n) is 1.83. The van der Waals surface area contributed by atoms with E-state index < -0.39 is 18.3 Å². The molecule has 82 valence electrons. The van der Waals surface area contributed by atoms with E-state index in [1.165, 1.54) is 0 Å². The van der Waals surface area contributed by atoms with Crippen molar-refractivity contribution in [3.8, 4) is 5.75 Å². The molecule has 1 rings (SSSR count). The van der Waals surface area contributed by atoms with Crippen LogP contribution in [0.1, 0.15) is 10.4 Å². The number of halogens is 4. The first kappa shape index (κ1) is 16.1. The summed E-state index contributed by atoms with van der Waals surface area (Å²) in [4.78, 5) is 10.4. The standard InChI is InChI=1S/C8H6BF4O2.K/c1-15-8-3-7(10)6(9(11,12)13)2-5(8)4-14;/h2-4H,1H3;/q-1;+1. The van der Waals surface area contributed by atoms with Crippen LogP contribution in [0, 0.1) is 5.82 Å². The number of hydrogen-bond donors (Lipinski definition) is 0. The molecule has 8 heteroatoms. The normalized spacial score (nSPS) is 10.6. The number of hydrogen-bond acceptors (Lipinski definition) is 2. The second kappa shape index (κ2) is 6.15. The Morgan fingerprint density at radius 1 is 1.31 bits per heavy atom. The van der Waals surface area contributed by atoms with Gasteiger partial charge in [-0.05, 0) is 0 Å². The van der Waals surface area contributed by atoms with E-state index in [-0.39, 0.29) is 69.0 Å². The van der Waals surface area contributed by atoms with Gasteiger partial charge in [0, 0.05) is 6.07 Å². The molecule has 0 atom stereocenters. The van der Waals surface area contributed by atoms with Crippen LogP contribution in [0.3, 0.4) is 0 Å². The molecule has 0 N–H and O–H groups in total. The van der Waals surface area contributed by atoms with Crippen LogP contribution in [0.25, 0.3) is 0 Å². The molecular weight excluding hydrogens is 254 g/mol. The van der Waals surface area contributed by atoms with Gasteiger partial charge in [0.15, 0.2) is 6.29 Å². The molecule has 1 aromatic carbocycles. The molecule has 0 aromatic heterocycles. The predicted octanol–water partition coefficient (Wildman–Crippen LogP) is -1.29. The van der Waals surface area contributed by atoms with E-state index in [1.54, 1.807) is 0 Å². The second-order valence-corrected chi connectivity index (χ2v) is 2.81. The quantitative estimate of drug-likeness (QED) is 0.384. The molecule has 0 fully saturated rings. The Morgan fingerprint density at radius 2 is 1.88 bits per heavy atom. The Kier molecular flexibility index (Phi) is 6.20. The van der Waals surface area contributed by atoms with Crippen molar-refractivity contribution in [1.82, 2.24) is 0 Å². The van der Waals surface area contributed by atoms with Crippen molar-refractivity contribution in [2.75, 3.05) is 7.11 Å². The van der Waals surface area contributed by atoms with Gasteiger partial charge in [-0.3, -0.25) is 4.79 Å². The maximum atomic E-state index is 12.9. The van der Waals surface area contributed by atoms with Gasteiger partial charge >= 0.3 is 58.4 Å². The molecule has 0 amide bonds. The Balaban J connectivity index is 0.00000225. The summed E-state index contributed by atoms with van der Waals surface area (Å²) < 4.78 is 54.3. The molecule has 0 bridgehead atoms. The van der Waals surface area contributed by atoms with Crippen LogP contribution < -0.4 is 61.6 Å². The summed E-state index contributed by atoms with van der Waals surface area (Å²) in [7, 11) is 1.14. The number of carbonyl (C=O) groups is 1. The van der Waals surface area contributed by atoms with E-state index in [2.05, 4.69) is 4.74 Å². The molecule has 0 radical (unpaired) electrons. The number of benzene rings is 1. The topological polar surface area (TPSA) is 26.3 Å². The van der Waals surface area contributed by atoms with Crippen molar-refractivity contribution in [3.05, 3.63) is 23.5 Å². The van der Waals surface area contributed by atoms with Crippen molar-refractivity contribution in [2.45, 2.75) is 0 Å². The molecule has 0 unspecified atom stereocenters. The number of ether oxygens (including phenoxy) is 1. The van der Waals surface area contributed by atoms with Gasteiger partial charge in [0.05, 0.1) is 18.5 Å². The minimum atomic E-state index is -5.47. The minimum absolute atomic E-state index is 0. The van der Waals surface area contributed by atoms with Gasteiger partial charge in [0.2, 0.25) is 0 Å². The molecule has 0 heterocycles. The first-order valence-electron chi connectivity index (χ1n) is 3.92. The van der Waals surface area contributed by atoms with Crippen LogP contribution in [0.4, 0.5) is 17.3 Å². The molecule has 0 aliphatic rings. The van der Waals surface area contributed by atoms with Crippen molar-refractivity contribution in [3.63, 3.8) is 0 Å². The van der Waals surface area contributed by atoms with Crippen LogP contribution >= 0.6 is 0 Å². The molecule has 0 aliphatic heterocycles. The van der Waals surface area contributed by atoms with E-state index in [0.29, 0.717) is 12.1 Å². The van der Waals surface area contributed by atoms with Gasteiger partial charge in [0.1, 0.15) is 5.75 Å². The first-order valence-corrected chi connectivity index (χ1v) is 3.92. The summed E-state index contributed by atoms with van der Waals surface area (Å²) in [6, 6.07) is 0.996. The minimum Gasteiger partial charge on any atom is -0.496 e. The fourth-order valence-corrected chi connectivity index (χ4v) is 1.11. The van der Waals surface area contributed by atoms with E-state index in [1.807, 2.05) is 0 Å². The molecule has 0 saturated carbocycles. The van der Waals surface area contributed by atoms with Crippen molar-refractivity contribution < 1.29 is 78.3 Å². The van der Waals surface area contributed by atoms with Crippen LogP contribution in [0.2, 0.25) is 0 Å². The summed E-state index contributed by atoms with van der Waals surface area (Å²) in [5.74, 6) is -1.66. The zero-order valence-electron chi connectivity index (χ0n) is 8.64. The largest absolute Gasteiger partial charge is 1.00 e. The average Bonchev–Trinajstić information content (AvgIpc) is 2.15. The van der Waals surface area contributed by atoms with E-state index >= 15 is 0 Å². The third kappa shape index (κ3) is 3.56. The molecule has 1 aromatic rings. The summed E-state index contributed by atoms with van der Waals surface area (Å²) in [5.41, 5.74) is -1.74. The van der Waals surface area contributed by atoms with E-state index in [0.717, 1.165) is 7.11 Å². The van der Waals surface area contributed by atoms with Crippen molar-refractivity contribution >= 4 is 18.7 Å². The Hall–Kier alpha value is 0.111. The molecular formula is C8H6BF4KO2. The van der Waals surface area contributed by atoms with Gasteiger partial charge in [-0.1, -0.05) is 11.5 Å². The molecule has 0 saturated heterocycles. The van der Waals surface area contributed by atoms with Crippen LogP contribution in [-0.2, 0) is 0 Å². The first-order chi connectivity index (χ1) is 6.90. The fourth-order valence-electron chi connectivity index (χ4n) is 1.11. The van der Waals surface area contributed by atoms with Gasteiger partial charge < -0.3 is 17.7 Å². The number of methoxy groups -OCH3 is 1. The smallest absolute Gasteiger partial charge is 0.496 e. The number of rotatable bonds is 3. The third-order valence-corrected chi connectivity index (χ3v) is 1.83. The summed E-state index contributed by atoms with van der Waals surface area (Å²) in [6.07, 6.45) is 0.184. The maximum Gasteiger partial charge on any atom is 1.00 e. The van der Waals surface area contributed by atoms with Gasteiger partial charge in [0.25, 0.3) is 0 Å². The van der Waals surface area contributed by atoms with Gasteiger partial charge in [-0.25, -0.2) is 4.39 Å². The Labute approximate surface area is 132 Å². The zero-order valence-corrected chi connectivity index (χ0v) is 11.8. The Morgan fingerprint density at radius 3 is 2.25 bits per heavy atom. The summed E-state index contributed by atoms with van der Waals surface area (Å²) in [6.45, 7) is -5.47. The Bertz CT molecular complexity index is 394. The summed E-state index contributed by atoms with van der Waals surface area (Å²) >= 11 is 0. The fraction of sp³-hybridized carbons (Fsp3) is 0.125. The molecule has 0 spiro atoms. The number of carbonyl (C=O) groups excluding carboxylic acids is 1. The molecule has 2 nitrogen and oxygen atoms in total. The second-order valence-electron chi connectivity index (χ2n) is 2.81. The predicted molar refractivity (Wildman–Crippen MR) is 47.1 cm³/mol. The van der Waals surface area contributed by atoms with E-state index in [9.17, 15) is 22.1 Å². The molecule has 16 heavy (non-hydrogen) atoms. The van der Waals surface area contributed by atoms with Crippen LogP contribution in [0.15, 0.2) is 12.1 Å². The zero-order chi connectivity index (χ0) is 11.6. The van der Waals surface area contributed by atoms with Gasteiger partial charge in [-0.15, -0.1) is 0 Å². The molecule has 0 aliphatic carbocycles. The van der Waals surface area contributed by atoms with Crippen LogP contribution in [-0.4, -0.2) is 20.4 Å².